The van der Waals surface area contributed by atoms with Crippen LogP contribution < -0.4 is 0 Å². The van der Waals surface area contributed by atoms with Crippen LogP contribution in [0.1, 0.15) is 44.2 Å². The van der Waals surface area contributed by atoms with E-state index >= 15 is 0 Å². The van der Waals surface area contributed by atoms with E-state index in [1.807, 2.05) is 25.7 Å². The molecule has 1 saturated heterocycles. The minimum atomic E-state index is 0.113. The Hall–Kier alpha value is -1.69. The van der Waals surface area contributed by atoms with Gasteiger partial charge in [0.15, 0.2) is 0 Å². The maximum Gasteiger partial charge on any atom is 0.265 e. The fourth-order valence-electron chi connectivity index (χ4n) is 3.01. The molecule has 1 amide bonds. The highest BCUT2D eigenvalue weighted by Crippen LogP contribution is 2.27. The van der Waals surface area contributed by atoms with Crippen LogP contribution >= 0.6 is 11.3 Å². The van der Waals surface area contributed by atoms with Crippen LogP contribution in [0.2, 0.25) is 0 Å². The van der Waals surface area contributed by atoms with Crippen molar-refractivity contribution in [2.24, 2.45) is 0 Å². The van der Waals surface area contributed by atoms with Gasteiger partial charge in [-0.3, -0.25) is 9.48 Å². The molecular weight excluding hydrogens is 284 g/mol. The number of hydrogen-bond acceptors (Lipinski definition) is 4. The van der Waals surface area contributed by atoms with E-state index in [-0.39, 0.29) is 11.9 Å². The van der Waals surface area contributed by atoms with E-state index < -0.39 is 0 Å². The summed E-state index contributed by atoms with van der Waals surface area (Å²) in [5, 5.41) is 5.50. The summed E-state index contributed by atoms with van der Waals surface area (Å²) in [7, 11) is 0. The summed E-state index contributed by atoms with van der Waals surface area (Å²) in [4.78, 5) is 19.7. The van der Waals surface area contributed by atoms with Crippen LogP contribution in [0, 0.1) is 27.7 Å². The van der Waals surface area contributed by atoms with Crippen LogP contribution in [0.25, 0.3) is 0 Å². The third kappa shape index (κ3) is 2.60. The lowest BCUT2D eigenvalue weighted by atomic mass is 10.2. The van der Waals surface area contributed by atoms with Crippen LogP contribution in [0.3, 0.4) is 0 Å². The maximum atomic E-state index is 12.6. The molecule has 0 aromatic carbocycles. The number of thiazole rings is 1. The molecule has 0 bridgehead atoms. The Labute approximate surface area is 128 Å². The smallest absolute Gasteiger partial charge is 0.265 e. The fourth-order valence-corrected chi connectivity index (χ4v) is 3.90. The molecule has 1 aliphatic rings. The maximum absolute atomic E-state index is 12.6. The molecule has 0 aliphatic carbocycles. The number of aromatic nitrogens is 3. The van der Waals surface area contributed by atoms with Gasteiger partial charge in [0.2, 0.25) is 0 Å². The first-order valence-corrected chi connectivity index (χ1v) is 8.03. The van der Waals surface area contributed by atoms with E-state index in [9.17, 15) is 4.79 Å². The van der Waals surface area contributed by atoms with E-state index in [0.717, 1.165) is 46.5 Å². The van der Waals surface area contributed by atoms with Gasteiger partial charge in [-0.05, 0) is 40.2 Å². The molecule has 21 heavy (non-hydrogen) atoms. The van der Waals surface area contributed by atoms with Gasteiger partial charge in [-0.1, -0.05) is 0 Å². The number of hydrogen-bond donors (Lipinski definition) is 0. The lowest BCUT2D eigenvalue weighted by molar-refractivity contribution is 0.0790. The van der Waals surface area contributed by atoms with Crippen molar-refractivity contribution in [2.75, 3.05) is 13.1 Å². The van der Waals surface area contributed by atoms with Gasteiger partial charge in [-0.2, -0.15) is 5.10 Å². The summed E-state index contributed by atoms with van der Waals surface area (Å²) >= 11 is 1.49. The number of amides is 1. The number of carbonyl (C=O) groups is 1. The molecule has 3 rings (SSSR count). The SMILES string of the molecule is Cc1cc(C)n([C@@H]2CCN(C(=O)c3sc(C)nc3C)C2)n1. The minimum absolute atomic E-state index is 0.113. The molecule has 5 nitrogen and oxygen atoms in total. The third-order valence-electron chi connectivity index (χ3n) is 3.94. The Bertz CT molecular complexity index is 688. The van der Waals surface area contributed by atoms with Crippen molar-refractivity contribution in [1.29, 1.82) is 0 Å². The van der Waals surface area contributed by atoms with E-state index in [4.69, 9.17) is 0 Å². The van der Waals surface area contributed by atoms with Crippen molar-refractivity contribution in [3.63, 3.8) is 0 Å². The van der Waals surface area contributed by atoms with Crippen LogP contribution in [-0.2, 0) is 0 Å². The monoisotopic (exact) mass is 304 g/mol. The summed E-state index contributed by atoms with van der Waals surface area (Å²) in [6.45, 7) is 9.45. The van der Waals surface area contributed by atoms with Gasteiger partial charge in [0.1, 0.15) is 4.88 Å². The number of carbonyl (C=O) groups excluding carboxylic acids is 1. The van der Waals surface area contributed by atoms with Gasteiger partial charge >= 0.3 is 0 Å². The molecule has 0 saturated carbocycles. The molecule has 2 aromatic rings. The Kier molecular flexibility index (Phi) is 3.57. The molecule has 0 spiro atoms. The van der Waals surface area contributed by atoms with E-state index in [0.29, 0.717) is 0 Å². The Morgan fingerprint density at radius 3 is 2.67 bits per heavy atom. The summed E-state index contributed by atoms with van der Waals surface area (Å²) in [6, 6.07) is 2.37. The topological polar surface area (TPSA) is 51.0 Å². The first-order chi connectivity index (χ1) is 9.95. The molecule has 1 fully saturated rings. The molecule has 1 atom stereocenters. The highest BCUT2D eigenvalue weighted by Gasteiger charge is 2.30. The zero-order valence-electron chi connectivity index (χ0n) is 12.9. The van der Waals surface area contributed by atoms with E-state index in [1.54, 1.807) is 0 Å². The first-order valence-electron chi connectivity index (χ1n) is 7.21. The highest BCUT2D eigenvalue weighted by molar-refractivity contribution is 7.13. The van der Waals surface area contributed by atoms with Crippen LogP contribution in [-0.4, -0.2) is 38.7 Å². The van der Waals surface area contributed by atoms with Gasteiger partial charge in [-0.15, -0.1) is 11.3 Å². The van der Waals surface area contributed by atoms with Crippen molar-refractivity contribution in [2.45, 2.75) is 40.2 Å². The molecule has 0 radical (unpaired) electrons. The molecule has 3 heterocycles. The largest absolute Gasteiger partial charge is 0.336 e. The molecule has 112 valence electrons. The van der Waals surface area contributed by atoms with Crippen molar-refractivity contribution in [3.05, 3.63) is 33.0 Å². The van der Waals surface area contributed by atoms with E-state index in [1.165, 1.54) is 11.3 Å². The summed E-state index contributed by atoms with van der Waals surface area (Å²) in [5.74, 6) is 0.113. The molecular formula is C15H20N4OS. The second kappa shape index (κ2) is 5.26. The average molecular weight is 304 g/mol. The second-order valence-electron chi connectivity index (χ2n) is 5.71. The number of rotatable bonds is 2. The lowest BCUT2D eigenvalue weighted by Gasteiger charge is -2.17. The van der Waals surface area contributed by atoms with Crippen LogP contribution in [0.15, 0.2) is 6.07 Å². The number of nitrogens with zero attached hydrogens (tertiary/aromatic N) is 4. The Morgan fingerprint density at radius 2 is 2.10 bits per heavy atom. The average Bonchev–Trinajstić information content (AvgIpc) is 3.08. The molecule has 2 aromatic heterocycles. The van der Waals surface area contributed by atoms with Gasteiger partial charge in [0.05, 0.1) is 22.4 Å². The standard InChI is InChI=1S/C15H20N4OS/c1-9-7-10(2)19(17-9)13-5-6-18(8-13)15(20)14-11(3)16-12(4)21-14/h7,13H,5-6,8H2,1-4H3/t13-/m1/s1. The van der Waals surface area contributed by atoms with Crippen LogP contribution in [0.5, 0.6) is 0 Å². The minimum Gasteiger partial charge on any atom is -0.336 e. The Balaban J connectivity index is 1.76. The predicted molar refractivity (Wildman–Crippen MR) is 82.8 cm³/mol. The van der Waals surface area contributed by atoms with Crippen LogP contribution in [0.4, 0.5) is 0 Å². The summed E-state index contributed by atoms with van der Waals surface area (Å²) in [6.07, 6.45) is 0.963. The molecule has 6 heteroatoms. The molecule has 1 aliphatic heterocycles. The lowest BCUT2D eigenvalue weighted by Crippen LogP contribution is -2.29. The zero-order chi connectivity index (χ0) is 15.1. The second-order valence-corrected chi connectivity index (χ2v) is 6.92. The van der Waals surface area contributed by atoms with Gasteiger partial charge in [0.25, 0.3) is 5.91 Å². The van der Waals surface area contributed by atoms with Gasteiger partial charge in [-0.25, -0.2) is 4.98 Å². The Morgan fingerprint density at radius 1 is 1.33 bits per heavy atom. The number of aryl methyl sites for hydroxylation is 4. The van der Waals surface area contributed by atoms with Crippen molar-refractivity contribution in [1.82, 2.24) is 19.7 Å². The highest BCUT2D eigenvalue weighted by atomic mass is 32.1. The van der Waals surface area contributed by atoms with Gasteiger partial charge in [0, 0.05) is 18.8 Å². The van der Waals surface area contributed by atoms with Gasteiger partial charge < -0.3 is 4.90 Å². The van der Waals surface area contributed by atoms with Crippen molar-refractivity contribution >= 4 is 17.2 Å². The normalized spacial score (nSPS) is 18.5. The first kappa shape index (κ1) is 14.3. The quantitative estimate of drug-likeness (QED) is 0.857. The van der Waals surface area contributed by atoms with Crippen molar-refractivity contribution < 1.29 is 4.79 Å². The molecule has 0 unspecified atom stereocenters. The summed E-state index contributed by atoms with van der Waals surface area (Å²) in [5.41, 5.74) is 3.04. The van der Waals surface area contributed by atoms with E-state index in [2.05, 4.69) is 27.8 Å². The third-order valence-corrected chi connectivity index (χ3v) is 5.00. The molecule has 0 N–H and O–H groups in total. The number of likely N-dealkylation sites (tertiary alicyclic amines) is 1. The fraction of sp³-hybridized carbons (Fsp3) is 0.533. The summed E-state index contributed by atoms with van der Waals surface area (Å²) < 4.78 is 2.06. The predicted octanol–water partition coefficient (Wildman–Crippen LogP) is 2.66. The zero-order valence-corrected chi connectivity index (χ0v) is 13.7. The van der Waals surface area contributed by atoms with Crippen molar-refractivity contribution in [3.8, 4) is 0 Å².